The molecule has 0 radical (unpaired) electrons. The number of nitrogens with one attached hydrogen (secondary N) is 1. The molecule has 0 aromatic heterocycles. The molecule has 182 valence electrons. The number of rotatable bonds is 10. The number of likely N-dealkylation sites (N-methyl/N-ethyl adjacent to an activating group) is 1. The Morgan fingerprint density at radius 2 is 1.91 bits per heavy atom. The number of likely N-dealkylation sites (tertiary alicyclic amines) is 1. The Kier molecular flexibility index (Phi) is 10.6. The SMILES string of the molecule is CCOC(=O)C(C)=C[C@H](C(C)C)N(C)C(=O)CNC(=O)C1CCCCN1Cc1ccccc1. The molecule has 1 heterocycles. The molecule has 1 aromatic rings. The smallest absolute Gasteiger partial charge is 0.333 e. The van der Waals surface area contributed by atoms with Crippen molar-refractivity contribution in [1.82, 2.24) is 15.1 Å². The minimum atomic E-state index is -0.381. The van der Waals surface area contributed by atoms with Gasteiger partial charge in [0, 0.05) is 19.2 Å². The van der Waals surface area contributed by atoms with Crippen molar-refractivity contribution < 1.29 is 19.1 Å². The van der Waals surface area contributed by atoms with Crippen LogP contribution in [0.4, 0.5) is 0 Å². The average Bonchev–Trinajstić information content (AvgIpc) is 2.81. The van der Waals surface area contributed by atoms with Crippen LogP contribution in [-0.4, -0.2) is 66.4 Å². The van der Waals surface area contributed by atoms with Crippen LogP contribution in [-0.2, 0) is 25.7 Å². The number of carbonyl (C=O) groups is 3. The molecule has 0 bridgehead atoms. The largest absolute Gasteiger partial charge is 0.463 e. The van der Waals surface area contributed by atoms with E-state index >= 15 is 0 Å². The van der Waals surface area contributed by atoms with Crippen molar-refractivity contribution in [3.05, 3.63) is 47.5 Å². The van der Waals surface area contributed by atoms with Gasteiger partial charge in [0.2, 0.25) is 11.8 Å². The third-order valence-corrected chi connectivity index (χ3v) is 6.10. The summed E-state index contributed by atoms with van der Waals surface area (Å²) in [5.41, 5.74) is 1.65. The summed E-state index contributed by atoms with van der Waals surface area (Å²) in [5, 5.41) is 2.85. The molecule has 7 nitrogen and oxygen atoms in total. The molecule has 0 saturated carbocycles. The quantitative estimate of drug-likeness (QED) is 0.431. The van der Waals surface area contributed by atoms with Gasteiger partial charge in [0.25, 0.3) is 0 Å². The van der Waals surface area contributed by atoms with Gasteiger partial charge >= 0.3 is 5.97 Å². The Bertz CT molecular complexity index is 822. The summed E-state index contributed by atoms with van der Waals surface area (Å²) < 4.78 is 5.05. The molecule has 33 heavy (non-hydrogen) atoms. The Morgan fingerprint density at radius 3 is 2.55 bits per heavy atom. The fourth-order valence-electron chi connectivity index (χ4n) is 4.19. The molecule has 0 spiro atoms. The minimum Gasteiger partial charge on any atom is -0.463 e. The van der Waals surface area contributed by atoms with E-state index in [-0.39, 0.29) is 42.3 Å². The average molecular weight is 458 g/mol. The maximum absolute atomic E-state index is 13.0. The zero-order valence-electron chi connectivity index (χ0n) is 20.7. The first-order valence-corrected chi connectivity index (χ1v) is 11.9. The van der Waals surface area contributed by atoms with Crippen LogP contribution < -0.4 is 5.32 Å². The number of ether oxygens (including phenoxy) is 1. The maximum Gasteiger partial charge on any atom is 0.333 e. The van der Waals surface area contributed by atoms with E-state index in [1.807, 2.05) is 32.0 Å². The number of amides is 2. The summed E-state index contributed by atoms with van der Waals surface area (Å²) in [6.45, 7) is 9.26. The zero-order valence-corrected chi connectivity index (χ0v) is 20.7. The van der Waals surface area contributed by atoms with Gasteiger partial charge in [-0.2, -0.15) is 0 Å². The molecule has 2 atom stereocenters. The number of benzene rings is 1. The molecule has 2 rings (SSSR count). The van der Waals surface area contributed by atoms with Crippen molar-refractivity contribution in [2.75, 3.05) is 26.7 Å². The lowest BCUT2D eigenvalue weighted by Crippen LogP contribution is -2.51. The first kappa shape index (κ1) is 26.6. The fourth-order valence-corrected chi connectivity index (χ4v) is 4.19. The number of carbonyl (C=O) groups excluding carboxylic acids is 3. The highest BCUT2D eigenvalue weighted by atomic mass is 16.5. The monoisotopic (exact) mass is 457 g/mol. The normalized spacial score (nSPS) is 18.0. The Balaban J connectivity index is 1.98. The van der Waals surface area contributed by atoms with Gasteiger partial charge in [0.1, 0.15) is 0 Å². The van der Waals surface area contributed by atoms with E-state index in [2.05, 4.69) is 22.3 Å². The Hall–Kier alpha value is -2.67. The van der Waals surface area contributed by atoms with E-state index in [4.69, 9.17) is 4.74 Å². The van der Waals surface area contributed by atoms with E-state index in [0.29, 0.717) is 12.2 Å². The summed E-state index contributed by atoms with van der Waals surface area (Å²) in [6.07, 6.45) is 4.63. The molecule has 1 aliphatic heterocycles. The van der Waals surface area contributed by atoms with Crippen LogP contribution in [0.15, 0.2) is 42.0 Å². The summed E-state index contributed by atoms with van der Waals surface area (Å²) >= 11 is 0. The van der Waals surface area contributed by atoms with Gasteiger partial charge in [-0.15, -0.1) is 0 Å². The molecule has 1 aromatic carbocycles. The highest BCUT2D eigenvalue weighted by molar-refractivity contribution is 5.89. The molecule has 7 heteroatoms. The number of hydrogen-bond acceptors (Lipinski definition) is 5. The second-order valence-corrected chi connectivity index (χ2v) is 8.99. The van der Waals surface area contributed by atoms with Gasteiger partial charge in [0.15, 0.2) is 0 Å². The van der Waals surface area contributed by atoms with E-state index in [0.717, 1.165) is 32.4 Å². The summed E-state index contributed by atoms with van der Waals surface area (Å²) in [6, 6.07) is 9.63. The number of esters is 1. The number of nitrogens with zero attached hydrogens (tertiary/aromatic N) is 2. The summed E-state index contributed by atoms with van der Waals surface area (Å²) in [4.78, 5) is 41.6. The third kappa shape index (κ3) is 8.00. The standard InChI is InChI=1S/C26H39N3O4/c1-6-33-26(32)20(4)16-23(19(2)3)28(5)24(30)17-27-25(31)22-14-10-11-15-29(22)18-21-12-8-7-9-13-21/h7-9,12-13,16,19,22-23H,6,10-11,14-15,17-18H2,1-5H3,(H,27,31)/t22?,23-/m1/s1. The van der Waals surface area contributed by atoms with Crippen molar-refractivity contribution in [2.45, 2.75) is 65.6 Å². The Morgan fingerprint density at radius 1 is 1.21 bits per heavy atom. The Labute approximate surface area is 198 Å². The molecule has 0 aliphatic carbocycles. The first-order chi connectivity index (χ1) is 15.7. The van der Waals surface area contributed by atoms with Crippen molar-refractivity contribution in [3.63, 3.8) is 0 Å². The molecule has 1 unspecified atom stereocenters. The molecular weight excluding hydrogens is 418 g/mol. The van der Waals surface area contributed by atoms with Crippen LogP contribution in [0.5, 0.6) is 0 Å². The van der Waals surface area contributed by atoms with Crippen LogP contribution >= 0.6 is 0 Å². The van der Waals surface area contributed by atoms with Gasteiger partial charge in [-0.1, -0.05) is 56.7 Å². The van der Waals surface area contributed by atoms with Crippen LogP contribution in [0, 0.1) is 5.92 Å². The van der Waals surface area contributed by atoms with Crippen LogP contribution in [0.2, 0.25) is 0 Å². The van der Waals surface area contributed by atoms with Gasteiger partial charge < -0.3 is 15.0 Å². The second-order valence-electron chi connectivity index (χ2n) is 8.99. The number of piperidine rings is 1. The van der Waals surface area contributed by atoms with Crippen LogP contribution in [0.25, 0.3) is 0 Å². The van der Waals surface area contributed by atoms with Crippen molar-refractivity contribution in [3.8, 4) is 0 Å². The number of hydrogen-bond donors (Lipinski definition) is 1. The van der Waals surface area contributed by atoms with E-state index in [1.54, 1.807) is 31.9 Å². The lowest BCUT2D eigenvalue weighted by atomic mass is 9.99. The first-order valence-electron chi connectivity index (χ1n) is 11.9. The minimum absolute atomic E-state index is 0.0689. The predicted octanol–water partition coefficient (Wildman–Crippen LogP) is 3.15. The highest BCUT2D eigenvalue weighted by Crippen LogP contribution is 2.20. The van der Waals surface area contributed by atoms with Gasteiger partial charge in [0.05, 0.1) is 25.2 Å². The van der Waals surface area contributed by atoms with Crippen molar-refractivity contribution >= 4 is 17.8 Å². The molecular formula is C26H39N3O4. The van der Waals surface area contributed by atoms with Gasteiger partial charge in [-0.05, 0) is 44.7 Å². The summed E-state index contributed by atoms with van der Waals surface area (Å²) in [7, 11) is 1.70. The second kappa shape index (κ2) is 13.1. The van der Waals surface area contributed by atoms with Gasteiger partial charge in [-0.3, -0.25) is 14.5 Å². The van der Waals surface area contributed by atoms with E-state index < -0.39 is 0 Å². The zero-order chi connectivity index (χ0) is 24.4. The highest BCUT2D eigenvalue weighted by Gasteiger charge is 2.29. The van der Waals surface area contributed by atoms with E-state index in [9.17, 15) is 14.4 Å². The lowest BCUT2D eigenvalue weighted by molar-refractivity contribution is -0.138. The van der Waals surface area contributed by atoms with Crippen molar-refractivity contribution in [2.24, 2.45) is 5.92 Å². The fraction of sp³-hybridized carbons (Fsp3) is 0.577. The van der Waals surface area contributed by atoms with Crippen LogP contribution in [0.1, 0.15) is 52.5 Å². The predicted molar refractivity (Wildman–Crippen MR) is 129 cm³/mol. The van der Waals surface area contributed by atoms with Gasteiger partial charge in [-0.25, -0.2) is 4.79 Å². The van der Waals surface area contributed by atoms with E-state index in [1.165, 1.54) is 5.56 Å². The van der Waals surface area contributed by atoms with Crippen molar-refractivity contribution in [1.29, 1.82) is 0 Å². The molecule has 1 N–H and O–H groups in total. The topological polar surface area (TPSA) is 79.0 Å². The lowest BCUT2D eigenvalue weighted by Gasteiger charge is -2.35. The molecule has 1 saturated heterocycles. The molecule has 2 amide bonds. The van der Waals surface area contributed by atoms with Crippen LogP contribution in [0.3, 0.4) is 0 Å². The maximum atomic E-state index is 13.0. The third-order valence-electron chi connectivity index (χ3n) is 6.10. The molecule has 1 fully saturated rings. The summed E-state index contributed by atoms with van der Waals surface area (Å²) in [5.74, 6) is -0.584. The molecule has 1 aliphatic rings.